The van der Waals surface area contributed by atoms with Crippen LogP contribution in [-0.4, -0.2) is 77.7 Å². The van der Waals surface area contributed by atoms with E-state index in [1.54, 1.807) is 0 Å². The minimum Gasteiger partial charge on any atom is -0.486 e. The van der Waals surface area contributed by atoms with Crippen molar-refractivity contribution >= 4 is 22.5 Å². The van der Waals surface area contributed by atoms with Crippen LogP contribution in [0.2, 0.25) is 0 Å². The molecule has 0 radical (unpaired) electrons. The molecule has 1 amide bonds. The molecular formula is C28H35N5O4. The standard InChI is InChI=1S/C28H35N5O4/c1-31-24-15-22(6-4-20(24)16-29-31)33-11-8-21(17-33)28(35)30-23(18-32-9-2-3-10-32)27(34)19-5-7-25-26(14-19)37-13-12-36-25/h4-7,14-16,21,23,27,34H,2-3,8-13,17-18H2,1H3,(H,30,35)/t21-,23?,27?/m0/s1. The Balaban J connectivity index is 1.16. The number of aliphatic hydroxyl groups is 1. The normalized spacial score (nSPS) is 21.4. The maximum absolute atomic E-state index is 13.5. The van der Waals surface area contributed by atoms with Crippen LogP contribution in [0.15, 0.2) is 42.6 Å². The van der Waals surface area contributed by atoms with Crippen molar-refractivity contribution in [3.8, 4) is 11.5 Å². The number of carbonyl (C=O) groups is 1. The fourth-order valence-electron chi connectivity index (χ4n) is 5.78. The first kappa shape index (κ1) is 24.1. The molecule has 2 saturated heterocycles. The zero-order valence-corrected chi connectivity index (χ0v) is 21.3. The van der Waals surface area contributed by atoms with Crippen LogP contribution >= 0.6 is 0 Å². The lowest BCUT2D eigenvalue weighted by Crippen LogP contribution is -2.48. The molecule has 0 aliphatic carbocycles. The summed E-state index contributed by atoms with van der Waals surface area (Å²) in [6.07, 6.45) is 4.11. The summed E-state index contributed by atoms with van der Waals surface area (Å²) >= 11 is 0. The van der Waals surface area contributed by atoms with Crippen LogP contribution in [0.1, 0.15) is 30.9 Å². The number of nitrogens with zero attached hydrogens (tertiary/aromatic N) is 4. The number of hydrogen-bond acceptors (Lipinski definition) is 7. The fraction of sp³-hybridized carbons (Fsp3) is 0.500. The maximum atomic E-state index is 13.5. The lowest BCUT2D eigenvalue weighted by Gasteiger charge is -2.30. The number of amides is 1. The summed E-state index contributed by atoms with van der Waals surface area (Å²) in [6, 6.07) is 11.5. The van der Waals surface area contributed by atoms with Gasteiger partial charge < -0.3 is 29.7 Å². The van der Waals surface area contributed by atoms with Gasteiger partial charge in [-0.05, 0) is 68.2 Å². The number of aliphatic hydroxyl groups excluding tert-OH is 1. The molecule has 2 aromatic carbocycles. The van der Waals surface area contributed by atoms with Crippen LogP contribution in [0, 0.1) is 5.92 Å². The summed E-state index contributed by atoms with van der Waals surface area (Å²) in [6.45, 7) is 5.11. The number of benzene rings is 2. The van der Waals surface area contributed by atoms with Gasteiger partial charge in [-0.15, -0.1) is 0 Å². The Kier molecular flexibility index (Phi) is 6.65. The minimum absolute atomic E-state index is 0.00454. The Bertz CT molecular complexity index is 1270. The van der Waals surface area contributed by atoms with Gasteiger partial charge in [-0.1, -0.05) is 6.07 Å². The number of likely N-dealkylation sites (tertiary alicyclic amines) is 1. The van der Waals surface area contributed by atoms with Gasteiger partial charge in [0, 0.05) is 37.8 Å². The molecule has 0 bridgehead atoms. The number of hydrogen-bond donors (Lipinski definition) is 2. The average molecular weight is 506 g/mol. The van der Waals surface area contributed by atoms with Gasteiger partial charge in [0.05, 0.1) is 23.7 Å². The first-order valence-corrected chi connectivity index (χ1v) is 13.3. The van der Waals surface area contributed by atoms with E-state index in [0.29, 0.717) is 37.8 Å². The molecule has 196 valence electrons. The smallest absolute Gasteiger partial charge is 0.225 e. The van der Waals surface area contributed by atoms with Crippen LogP contribution in [-0.2, 0) is 11.8 Å². The first-order valence-electron chi connectivity index (χ1n) is 13.3. The summed E-state index contributed by atoms with van der Waals surface area (Å²) in [5, 5.41) is 20.1. The van der Waals surface area contributed by atoms with Crippen molar-refractivity contribution in [1.82, 2.24) is 20.0 Å². The fourth-order valence-corrected chi connectivity index (χ4v) is 5.78. The van der Waals surface area contributed by atoms with Gasteiger partial charge in [0.15, 0.2) is 11.5 Å². The molecule has 3 aliphatic heterocycles. The van der Waals surface area contributed by atoms with Gasteiger partial charge in [0.2, 0.25) is 5.91 Å². The SMILES string of the molecule is Cn1ncc2ccc(N3CC[C@H](C(=O)NC(CN4CCCC4)C(O)c4ccc5c(c4)OCCO5)C3)cc21. The number of carbonyl (C=O) groups excluding carboxylic acids is 1. The first-order chi connectivity index (χ1) is 18.0. The molecule has 6 rings (SSSR count). The molecule has 2 unspecified atom stereocenters. The largest absolute Gasteiger partial charge is 0.486 e. The van der Waals surface area contributed by atoms with E-state index in [-0.39, 0.29) is 11.8 Å². The van der Waals surface area contributed by atoms with Crippen molar-refractivity contribution in [3.05, 3.63) is 48.2 Å². The monoisotopic (exact) mass is 505 g/mol. The average Bonchev–Trinajstić information content (AvgIpc) is 3.69. The van der Waals surface area contributed by atoms with Crippen molar-refractivity contribution < 1.29 is 19.4 Å². The number of aryl methyl sites for hydroxylation is 1. The third-order valence-corrected chi connectivity index (χ3v) is 7.93. The van der Waals surface area contributed by atoms with E-state index in [1.807, 2.05) is 36.1 Å². The van der Waals surface area contributed by atoms with Crippen LogP contribution < -0.4 is 19.7 Å². The highest BCUT2D eigenvalue weighted by atomic mass is 16.6. The van der Waals surface area contributed by atoms with E-state index < -0.39 is 12.1 Å². The number of aromatic nitrogens is 2. The molecule has 3 aliphatic rings. The van der Waals surface area contributed by atoms with Crippen LogP contribution in [0.3, 0.4) is 0 Å². The molecule has 0 saturated carbocycles. The Morgan fingerprint density at radius 2 is 1.92 bits per heavy atom. The van der Waals surface area contributed by atoms with Gasteiger partial charge in [0.1, 0.15) is 19.3 Å². The Morgan fingerprint density at radius 3 is 2.76 bits per heavy atom. The van der Waals surface area contributed by atoms with E-state index in [9.17, 15) is 9.90 Å². The van der Waals surface area contributed by atoms with Crippen molar-refractivity contribution in [2.24, 2.45) is 13.0 Å². The molecule has 9 heteroatoms. The lowest BCUT2D eigenvalue weighted by atomic mass is 9.99. The van der Waals surface area contributed by atoms with Gasteiger partial charge in [0.25, 0.3) is 0 Å². The molecule has 9 nitrogen and oxygen atoms in total. The zero-order valence-electron chi connectivity index (χ0n) is 21.3. The van der Waals surface area contributed by atoms with Crippen molar-refractivity contribution in [3.63, 3.8) is 0 Å². The Morgan fingerprint density at radius 1 is 1.11 bits per heavy atom. The minimum atomic E-state index is -0.842. The van der Waals surface area contributed by atoms with E-state index in [1.165, 1.54) is 0 Å². The number of fused-ring (bicyclic) bond motifs is 2. The van der Waals surface area contributed by atoms with Crippen molar-refractivity contribution in [1.29, 1.82) is 0 Å². The van der Waals surface area contributed by atoms with Crippen LogP contribution in [0.4, 0.5) is 5.69 Å². The quantitative estimate of drug-likeness (QED) is 0.510. The molecular weight excluding hydrogens is 470 g/mol. The number of nitrogens with one attached hydrogen (secondary N) is 1. The van der Waals surface area contributed by atoms with Gasteiger partial charge in [-0.3, -0.25) is 9.48 Å². The Labute approximate surface area is 216 Å². The molecule has 1 aromatic heterocycles. The molecule has 0 spiro atoms. The summed E-state index contributed by atoms with van der Waals surface area (Å²) in [5.41, 5.74) is 2.92. The molecule has 4 heterocycles. The predicted octanol–water partition coefficient (Wildman–Crippen LogP) is 2.48. The Hall–Kier alpha value is -3.30. The molecule has 3 atom stereocenters. The molecule has 2 fully saturated rings. The van der Waals surface area contributed by atoms with Crippen LogP contribution in [0.25, 0.3) is 10.9 Å². The molecule has 37 heavy (non-hydrogen) atoms. The molecule has 2 N–H and O–H groups in total. The van der Waals surface area contributed by atoms with E-state index in [2.05, 4.69) is 38.4 Å². The van der Waals surface area contributed by atoms with E-state index in [4.69, 9.17) is 9.47 Å². The van der Waals surface area contributed by atoms with Gasteiger partial charge in [-0.25, -0.2) is 0 Å². The number of rotatable bonds is 7. The summed E-state index contributed by atoms with van der Waals surface area (Å²) in [7, 11) is 1.94. The molecule has 3 aromatic rings. The zero-order chi connectivity index (χ0) is 25.4. The second kappa shape index (κ2) is 10.2. The maximum Gasteiger partial charge on any atom is 0.225 e. The van der Waals surface area contributed by atoms with Crippen molar-refractivity contribution in [2.45, 2.75) is 31.4 Å². The van der Waals surface area contributed by atoms with E-state index in [0.717, 1.165) is 61.1 Å². The highest BCUT2D eigenvalue weighted by molar-refractivity contribution is 5.84. The second-order valence-corrected chi connectivity index (χ2v) is 10.4. The summed E-state index contributed by atoms with van der Waals surface area (Å²) in [4.78, 5) is 18.1. The van der Waals surface area contributed by atoms with Crippen LogP contribution in [0.5, 0.6) is 11.5 Å². The lowest BCUT2D eigenvalue weighted by molar-refractivity contribution is -0.126. The number of ether oxygens (including phenoxy) is 2. The topological polar surface area (TPSA) is 92.1 Å². The van der Waals surface area contributed by atoms with Gasteiger partial charge in [-0.2, -0.15) is 5.10 Å². The summed E-state index contributed by atoms with van der Waals surface area (Å²) < 4.78 is 13.2. The van der Waals surface area contributed by atoms with Gasteiger partial charge >= 0.3 is 0 Å². The summed E-state index contributed by atoms with van der Waals surface area (Å²) in [5.74, 6) is 1.21. The van der Waals surface area contributed by atoms with Crippen molar-refractivity contribution in [2.75, 3.05) is 50.8 Å². The number of anilines is 1. The third-order valence-electron chi connectivity index (χ3n) is 7.93. The predicted molar refractivity (Wildman–Crippen MR) is 141 cm³/mol. The second-order valence-electron chi connectivity index (χ2n) is 10.4. The highest BCUT2D eigenvalue weighted by Crippen LogP contribution is 2.34. The van der Waals surface area contributed by atoms with E-state index >= 15 is 0 Å². The third kappa shape index (κ3) is 4.98. The highest BCUT2D eigenvalue weighted by Gasteiger charge is 2.33.